The summed E-state index contributed by atoms with van der Waals surface area (Å²) in [4.78, 5) is 27.6. The second-order valence-electron chi connectivity index (χ2n) is 6.41. The van der Waals surface area contributed by atoms with Gasteiger partial charge in [-0.1, -0.05) is 13.0 Å². The van der Waals surface area contributed by atoms with Gasteiger partial charge >= 0.3 is 0 Å². The van der Waals surface area contributed by atoms with Crippen molar-refractivity contribution in [2.45, 2.75) is 33.2 Å². The van der Waals surface area contributed by atoms with E-state index in [0.717, 1.165) is 43.1 Å². The number of carbonyl (C=O) groups is 1. The van der Waals surface area contributed by atoms with Gasteiger partial charge in [-0.2, -0.15) is 0 Å². The number of hydrogen-bond donors (Lipinski definition) is 1. The van der Waals surface area contributed by atoms with Crippen LogP contribution in [0, 0.1) is 12.8 Å². The summed E-state index contributed by atoms with van der Waals surface area (Å²) in [5, 5.41) is 2.89. The van der Waals surface area contributed by atoms with E-state index in [0.29, 0.717) is 18.2 Å². The number of piperidine rings is 1. The number of carbonyl (C=O) groups excluding carboxylic acids is 1. The molecule has 1 amide bonds. The van der Waals surface area contributed by atoms with Crippen LogP contribution < -0.4 is 10.2 Å². The van der Waals surface area contributed by atoms with Crippen molar-refractivity contribution >= 4 is 11.9 Å². The SMILES string of the molecule is Cc1cc(C(=O)NCc2cccnc2)nc(N2CCC(C)CC2)n1. The van der Waals surface area contributed by atoms with Crippen molar-refractivity contribution in [3.05, 3.63) is 47.5 Å². The number of hydrogen-bond acceptors (Lipinski definition) is 5. The van der Waals surface area contributed by atoms with Gasteiger partial charge in [0.1, 0.15) is 5.69 Å². The molecule has 0 atom stereocenters. The van der Waals surface area contributed by atoms with E-state index in [1.807, 2.05) is 19.1 Å². The maximum Gasteiger partial charge on any atom is 0.270 e. The number of anilines is 1. The third-order valence-corrected chi connectivity index (χ3v) is 4.32. The third kappa shape index (κ3) is 4.07. The molecule has 2 aromatic rings. The highest BCUT2D eigenvalue weighted by Gasteiger charge is 2.20. The number of aryl methyl sites for hydroxylation is 1. The number of nitrogens with one attached hydrogen (secondary N) is 1. The minimum absolute atomic E-state index is 0.184. The maximum atomic E-state index is 12.4. The Morgan fingerprint density at radius 3 is 2.83 bits per heavy atom. The molecule has 24 heavy (non-hydrogen) atoms. The van der Waals surface area contributed by atoms with Crippen molar-refractivity contribution in [1.29, 1.82) is 0 Å². The average Bonchev–Trinajstić information content (AvgIpc) is 2.60. The van der Waals surface area contributed by atoms with Gasteiger partial charge in [-0.25, -0.2) is 9.97 Å². The lowest BCUT2D eigenvalue weighted by atomic mass is 10.00. The summed E-state index contributed by atoms with van der Waals surface area (Å²) in [5.41, 5.74) is 2.19. The Morgan fingerprint density at radius 1 is 1.33 bits per heavy atom. The lowest BCUT2D eigenvalue weighted by Crippen LogP contribution is -2.35. The molecule has 6 nitrogen and oxygen atoms in total. The molecule has 3 heterocycles. The third-order valence-electron chi connectivity index (χ3n) is 4.32. The summed E-state index contributed by atoms with van der Waals surface area (Å²) < 4.78 is 0. The number of aromatic nitrogens is 3. The zero-order chi connectivity index (χ0) is 16.9. The maximum absolute atomic E-state index is 12.4. The molecule has 1 aliphatic heterocycles. The van der Waals surface area contributed by atoms with Crippen LogP contribution in [-0.4, -0.2) is 33.9 Å². The van der Waals surface area contributed by atoms with Crippen LogP contribution in [0.2, 0.25) is 0 Å². The first-order valence-corrected chi connectivity index (χ1v) is 8.39. The fourth-order valence-corrected chi connectivity index (χ4v) is 2.79. The van der Waals surface area contributed by atoms with E-state index in [1.165, 1.54) is 0 Å². The van der Waals surface area contributed by atoms with Crippen molar-refractivity contribution in [2.75, 3.05) is 18.0 Å². The Morgan fingerprint density at radius 2 is 2.12 bits per heavy atom. The first-order valence-electron chi connectivity index (χ1n) is 8.39. The number of rotatable bonds is 4. The van der Waals surface area contributed by atoms with E-state index in [4.69, 9.17) is 0 Å². The van der Waals surface area contributed by atoms with Crippen LogP contribution in [0.1, 0.15) is 41.5 Å². The highest BCUT2D eigenvalue weighted by Crippen LogP contribution is 2.20. The normalized spacial score (nSPS) is 15.3. The molecule has 1 aliphatic rings. The molecule has 0 unspecified atom stereocenters. The van der Waals surface area contributed by atoms with Crippen molar-refractivity contribution in [1.82, 2.24) is 20.3 Å². The largest absolute Gasteiger partial charge is 0.347 e. The van der Waals surface area contributed by atoms with Crippen molar-refractivity contribution in [3.8, 4) is 0 Å². The van der Waals surface area contributed by atoms with Crippen LogP contribution in [0.4, 0.5) is 5.95 Å². The molecular weight excluding hydrogens is 302 g/mol. The molecule has 3 rings (SSSR count). The molecule has 1 fully saturated rings. The number of pyridine rings is 1. The van der Waals surface area contributed by atoms with Crippen LogP contribution >= 0.6 is 0 Å². The lowest BCUT2D eigenvalue weighted by Gasteiger charge is -2.30. The summed E-state index contributed by atoms with van der Waals surface area (Å²) in [6.45, 7) is 6.50. The Kier molecular flexibility index (Phi) is 5.03. The monoisotopic (exact) mass is 325 g/mol. The van der Waals surface area contributed by atoms with Gasteiger partial charge in [-0.15, -0.1) is 0 Å². The molecule has 0 radical (unpaired) electrons. The van der Waals surface area contributed by atoms with E-state index in [-0.39, 0.29) is 5.91 Å². The van der Waals surface area contributed by atoms with E-state index in [1.54, 1.807) is 18.5 Å². The molecule has 0 bridgehead atoms. The van der Waals surface area contributed by atoms with Gasteiger partial charge in [-0.3, -0.25) is 9.78 Å². The smallest absolute Gasteiger partial charge is 0.270 e. The Hall–Kier alpha value is -2.50. The fraction of sp³-hybridized carbons (Fsp3) is 0.444. The first-order chi connectivity index (χ1) is 11.6. The molecule has 6 heteroatoms. The van der Waals surface area contributed by atoms with Gasteiger partial charge in [-0.05, 0) is 43.4 Å². The minimum atomic E-state index is -0.184. The summed E-state index contributed by atoms with van der Waals surface area (Å²) in [6, 6.07) is 5.51. The van der Waals surface area contributed by atoms with Gasteiger partial charge in [0.2, 0.25) is 5.95 Å². The number of amides is 1. The summed E-state index contributed by atoms with van der Waals surface area (Å²) in [6.07, 6.45) is 5.73. The Balaban J connectivity index is 1.69. The Bertz CT molecular complexity index is 696. The van der Waals surface area contributed by atoms with Crippen LogP contribution in [-0.2, 0) is 6.54 Å². The molecule has 0 aliphatic carbocycles. The standard InChI is InChI=1S/C18H23N5O/c1-13-5-8-23(9-6-13)18-21-14(2)10-16(22-18)17(24)20-12-15-4-3-7-19-11-15/h3-4,7,10-11,13H,5-6,8-9,12H2,1-2H3,(H,20,24). The highest BCUT2D eigenvalue weighted by atomic mass is 16.1. The second-order valence-corrected chi connectivity index (χ2v) is 6.41. The van der Waals surface area contributed by atoms with E-state index in [9.17, 15) is 4.79 Å². The van der Waals surface area contributed by atoms with Gasteiger partial charge in [0.25, 0.3) is 5.91 Å². The minimum Gasteiger partial charge on any atom is -0.347 e. The van der Waals surface area contributed by atoms with Gasteiger partial charge < -0.3 is 10.2 Å². The van der Waals surface area contributed by atoms with Gasteiger partial charge in [0.05, 0.1) is 0 Å². The fourth-order valence-electron chi connectivity index (χ4n) is 2.79. The van der Waals surface area contributed by atoms with Crippen molar-refractivity contribution in [3.63, 3.8) is 0 Å². The molecule has 0 saturated carbocycles. The van der Waals surface area contributed by atoms with Crippen molar-refractivity contribution < 1.29 is 4.79 Å². The van der Waals surface area contributed by atoms with Crippen LogP contribution in [0.15, 0.2) is 30.6 Å². The zero-order valence-corrected chi connectivity index (χ0v) is 14.2. The van der Waals surface area contributed by atoms with Gasteiger partial charge in [0.15, 0.2) is 0 Å². The summed E-state index contributed by atoms with van der Waals surface area (Å²) in [5.74, 6) is 1.22. The van der Waals surface area contributed by atoms with E-state index in [2.05, 4.69) is 32.1 Å². The molecule has 1 N–H and O–H groups in total. The molecular formula is C18H23N5O. The van der Waals surface area contributed by atoms with E-state index >= 15 is 0 Å². The van der Waals surface area contributed by atoms with Crippen LogP contribution in [0.3, 0.4) is 0 Å². The predicted molar refractivity (Wildman–Crippen MR) is 92.8 cm³/mol. The molecule has 0 aromatic carbocycles. The first kappa shape index (κ1) is 16.4. The van der Waals surface area contributed by atoms with Crippen LogP contribution in [0.5, 0.6) is 0 Å². The van der Waals surface area contributed by atoms with E-state index < -0.39 is 0 Å². The summed E-state index contributed by atoms with van der Waals surface area (Å²) in [7, 11) is 0. The number of nitrogens with zero attached hydrogens (tertiary/aromatic N) is 4. The molecule has 126 valence electrons. The topological polar surface area (TPSA) is 71.0 Å². The molecule has 1 saturated heterocycles. The average molecular weight is 325 g/mol. The lowest BCUT2D eigenvalue weighted by molar-refractivity contribution is 0.0945. The van der Waals surface area contributed by atoms with Gasteiger partial charge in [0, 0.05) is 37.7 Å². The zero-order valence-electron chi connectivity index (χ0n) is 14.2. The van der Waals surface area contributed by atoms with Crippen LogP contribution in [0.25, 0.3) is 0 Å². The van der Waals surface area contributed by atoms with Crippen molar-refractivity contribution in [2.24, 2.45) is 5.92 Å². The summed E-state index contributed by atoms with van der Waals surface area (Å²) >= 11 is 0. The molecule has 2 aromatic heterocycles. The highest BCUT2D eigenvalue weighted by molar-refractivity contribution is 5.92. The quantitative estimate of drug-likeness (QED) is 0.934. The predicted octanol–water partition coefficient (Wildman–Crippen LogP) is 2.35. The molecule has 0 spiro atoms. The Labute approximate surface area is 142 Å². The second kappa shape index (κ2) is 7.38.